The van der Waals surface area contributed by atoms with E-state index in [1.165, 1.54) is 6.92 Å². The number of hydrogen-bond acceptors (Lipinski definition) is 4. The monoisotopic (exact) mass is 167 g/mol. The van der Waals surface area contributed by atoms with Gasteiger partial charge in [0.25, 0.3) is 0 Å². The minimum Gasteiger partial charge on any atom is -0.427 e. The number of anilines is 1. The van der Waals surface area contributed by atoms with Crippen molar-refractivity contribution in [1.82, 2.24) is 0 Å². The molecule has 0 fully saturated rings. The van der Waals surface area contributed by atoms with Crippen LogP contribution >= 0.6 is 0 Å². The third kappa shape index (κ3) is 2.25. The Balaban J connectivity index is 2.71. The molecule has 0 heterocycles. The molecule has 0 aliphatic rings. The van der Waals surface area contributed by atoms with E-state index in [-0.39, 0.29) is 5.97 Å². The summed E-state index contributed by atoms with van der Waals surface area (Å²) >= 11 is 0. The standard InChI is InChI=1S/C8H9NO3/c1-6(10)12-8-4-2-7(9-11)3-5-8/h2-5,9,11H,1H3. The number of esters is 1. The van der Waals surface area contributed by atoms with Gasteiger partial charge in [-0.1, -0.05) is 0 Å². The molecule has 0 radical (unpaired) electrons. The van der Waals surface area contributed by atoms with Gasteiger partial charge in [-0.2, -0.15) is 0 Å². The van der Waals surface area contributed by atoms with Crippen molar-refractivity contribution in [3.8, 4) is 5.75 Å². The van der Waals surface area contributed by atoms with Crippen molar-refractivity contribution in [3.63, 3.8) is 0 Å². The van der Waals surface area contributed by atoms with E-state index >= 15 is 0 Å². The number of carbonyl (C=O) groups excluding carboxylic acids is 1. The van der Waals surface area contributed by atoms with Gasteiger partial charge in [-0.3, -0.25) is 15.5 Å². The Morgan fingerprint density at radius 2 is 2.00 bits per heavy atom. The summed E-state index contributed by atoms with van der Waals surface area (Å²) in [7, 11) is 0. The van der Waals surface area contributed by atoms with Gasteiger partial charge in [0.15, 0.2) is 0 Å². The molecule has 12 heavy (non-hydrogen) atoms. The highest BCUT2D eigenvalue weighted by Crippen LogP contribution is 2.14. The van der Waals surface area contributed by atoms with E-state index in [1.54, 1.807) is 24.3 Å². The van der Waals surface area contributed by atoms with E-state index < -0.39 is 0 Å². The van der Waals surface area contributed by atoms with Crippen molar-refractivity contribution >= 4 is 11.7 Å². The predicted octanol–water partition coefficient (Wildman–Crippen LogP) is 1.41. The van der Waals surface area contributed by atoms with Crippen molar-refractivity contribution < 1.29 is 14.7 Å². The molecule has 0 spiro atoms. The first-order chi connectivity index (χ1) is 5.72. The molecule has 1 rings (SSSR count). The van der Waals surface area contributed by atoms with E-state index in [2.05, 4.69) is 0 Å². The predicted molar refractivity (Wildman–Crippen MR) is 43.2 cm³/mol. The van der Waals surface area contributed by atoms with Gasteiger partial charge in [-0.15, -0.1) is 0 Å². The van der Waals surface area contributed by atoms with Crippen LogP contribution in [-0.4, -0.2) is 11.2 Å². The maximum absolute atomic E-state index is 10.5. The fourth-order valence-electron chi connectivity index (χ4n) is 0.763. The molecule has 2 N–H and O–H groups in total. The zero-order valence-corrected chi connectivity index (χ0v) is 6.57. The Hall–Kier alpha value is -1.55. The largest absolute Gasteiger partial charge is 0.427 e. The van der Waals surface area contributed by atoms with E-state index in [0.717, 1.165) is 0 Å². The second-order valence-electron chi connectivity index (χ2n) is 2.23. The Bertz CT molecular complexity index is 268. The van der Waals surface area contributed by atoms with E-state index in [4.69, 9.17) is 9.94 Å². The summed E-state index contributed by atoms with van der Waals surface area (Å²) in [5.74, 6) is 0.0983. The SMILES string of the molecule is CC(=O)Oc1ccc(NO)cc1. The summed E-state index contributed by atoms with van der Waals surface area (Å²) < 4.78 is 4.77. The first-order valence-corrected chi connectivity index (χ1v) is 3.41. The lowest BCUT2D eigenvalue weighted by Gasteiger charge is -2.01. The highest BCUT2D eigenvalue weighted by atomic mass is 16.5. The molecule has 0 atom stereocenters. The number of nitrogens with one attached hydrogen (secondary N) is 1. The smallest absolute Gasteiger partial charge is 0.308 e. The Morgan fingerprint density at radius 3 is 2.42 bits per heavy atom. The molecular formula is C8H9NO3. The topological polar surface area (TPSA) is 58.6 Å². The van der Waals surface area contributed by atoms with Crippen LogP contribution in [-0.2, 0) is 4.79 Å². The first-order valence-electron chi connectivity index (χ1n) is 3.41. The van der Waals surface area contributed by atoms with Gasteiger partial charge in [-0.25, -0.2) is 0 Å². The van der Waals surface area contributed by atoms with Gasteiger partial charge in [0.1, 0.15) is 5.75 Å². The van der Waals surface area contributed by atoms with E-state index in [0.29, 0.717) is 11.4 Å². The quantitative estimate of drug-likeness (QED) is 0.397. The van der Waals surface area contributed by atoms with Crippen LogP contribution in [0.2, 0.25) is 0 Å². The second-order valence-corrected chi connectivity index (χ2v) is 2.23. The molecule has 0 aromatic heterocycles. The Kier molecular flexibility index (Phi) is 2.66. The molecule has 0 bridgehead atoms. The number of carbonyl (C=O) groups is 1. The molecule has 0 saturated heterocycles. The Labute approximate surface area is 69.7 Å². The zero-order chi connectivity index (χ0) is 8.97. The average molecular weight is 167 g/mol. The molecule has 0 saturated carbocycles. The fraction of sp³-hybridized carbons (Fsp3) is 0.125. The van der Waals surface area contributed by atoms with Crippen molar-refractivity contribution in [2.24, 2.45) is 0 Å². The van der Waals surface area contributed by atoms with E-state index in [9.17, 15) is 4.79 Å². The zero-order valence-electron chi connectivity index (χ0n) is 6.57. The number of benzene rings is 1. The summed E-state index contributed by atoms with van der Waals surface area (Å²) in [6, 6.07) is 6.36. The summed E-state index contributed by atoms with van der Waals surface area (Å²) in [5.41, 5.74) is 2.51. The lowest BCUT2D eigenvalue weighted by Crippen LogP contribution is -2.01. The van der Waals surface area contributed by atoms with Crippen LogP contribution in [0.4, 0.5) is 5.69 Å². The third-order valence-corrected chi connectivity index (χ3v) is 1.24. The normalized spacial score (nSPS) is 9.17. The number of ether oxygens (including phenoxy) is 1. The van der Waals surface area contributed by atoms with Gasteiger partial charge >= 0.3 is 5.97 Å². The number of hydrogen-bond donors (Lipinski definition) is 2. The highest BCUT2D eigenvalue weighted by Gasteiger charge is 1.96. The summed E-state index contributed by atoms with van der Waals surface area (Å²) in [6.45, 7) is 1.33. The molecule has 4 heteroatoms. The van der Waals surface area contributed by atoms with Crippen LogP contribution in [0, 0.1) is 0 Å². The summed E-state index contributed by atoms with van der Waals surface area (Å²) in [4.78, 5) is 10.5. The van der Waals surface area contributed by atoms with Crippen LogP contribution < -0.4 is 10.2 Å². The van der Waals surface area contributed by atoms with Crippen LogP contribution in [0.1, 0.15) is 6.92 Å². The summed E-state index contributed by atoms with van der Waals surface area (Å²) in [6.07, 6.45) is 0. The molecule has 64 valence electrons. The minimum atomic E-state index is -0.361. The lowest BCUT2D eigenvalue weighted by atomic mass is 10.3. The first kappa shape index (κ1) is 8.55. The van der Waals surface area contributed by atoms with Crippen molar-refractivity contribution in [2.75, 3.05) is 5.48 Å². The third-order valence-electron chi connectivity index (χ3n) is 1.24. The van der Waals surface area contributed by atoms with Crippen molar-refractivity contribution in [3.05, 3.63) is 24.3 Å². The highest BCUT2D eigenvalue weighted by molar-refractivity contribution is 5.69. The van der Waals surface area contributed by atoms with Gasteiger partial charge in [-0.05, 0) is 24.3 Å². The van der Waals surface area contributed by atoms with Crippen LogP contribution in [0.3, 0.4) is 0 Å². The average Bonchev–Trinajstić information content (AvgIpc) is 2.05. The maximum Gasteiger partial charge on any atom is 0.308 e. The van der Waals surface area contributed by atoms with Crippen molar-refractivity contribution in [1.29, 1.82) is 0 Å². The number of rotatable bonds is 2. The molecule has 0 unspecified atom stereocenters. The van der Waals surface area contributed by atoms with Crippen molar-refractivity contribution in [2.45, 2.75) is 6.92 Å². The second kappa shape index (κ2) is 3.73. The van der Waals surface area contributed by atoms with Gasteiger partial charge in [0.05, 0.1) is 5.69 Å². The molecule has 1 aromatic carbocycles. The maximum atomic E-state index is 10.5. The fourth-order valence-corrected chi connectivity index (χ4v) is 0.763. The van der Waals surface area contributed by atoms with Gasteiger partial charge < -0.3 is 4.74 Å². The molecular weight excluding hydrogens is 158 g/mol. The van der Waals surface area contributed by atoms with Gasteiger partial charge in [0, 0.05) is 6.92 Å². The van der Waals surface area contributed by atoms with Crippen LogP contribution in [0.25, 0.3) is 0 Å². The molecule has 1 aromatic rings. The molecule has 0 aliphatic carbocycles. The van der Waals surface area contributed by atoms with Crippen LogP contribution in [0.15, 0.2) is 24.3 Å². The van der Waals surface area contributed by atoms with E-state index in [1.807, 2.05) is 5.48 Å². The molecule has 0 amide bonds. The Morgan fingerprint density at radius 1 is 1.42 bits per heavy atom. The molecule has 0 aliphatic heterocycles. The van der Waals surface area contributed by atoms with Crippen LogP contribution in [0.5, 0.6) is 5.75 Å². The lowest BCUT2D eigenvalue weighted by molar-refractivity contribution is -0.131. The molecule has 4 nitrogen and oxygen atoms in total. The van der Waals surface area contributed by atoms with Gasteiger partial charge in [0.2, 0.25) is 0 Å². The minimum absolute atomic E-state index is 0.361. The summed E-state index contributed by atoms with van der Waals surface area (Å²) in [5, 5.41) is 8.45.